The van der Waals surface area contributed by atoms with Gasteiger partial charge in [-0.1, -0.05) is 45.4 Å². The van der Waals surface area contributed by atoms with Gasteiger partial charge in [-0.25, -0.2) is 0 Å². The van der Waals surface area contributed by atoms with Crippen LogP contribution in [0, 0.1) is 11.8 Å². The van der Waals surface area contributed by atoms with Gasteiger partial charge in [0.15, 0.2) is 0 Å². The lowest BCUT2D eigenvalue weighted by Gasteiger charge is -2.29. The van der Waals surface area contributed by atoms with Crippen molar-refractivity contribution in [3.8, 4) is 0 Å². The average molecular weight is 197 g/mol. The van der Waals surface area contributed by atoms with E-state index in [1.54, 1.807) is 7.05 Å². The number of carbonyl (C=O) groups is 1. The summed E-state index contributed by atoms with van der Waals surface area (Å²) in [5.41, 5.74) is 0. The molecule has 0 spiro atoms. The van der Waals surface area contributed by atoms with Crippen molar-refractivity contribution in [3.05, 3.63) is 0 Å². The minimum absolute atomic E-state index is 0.211. The van der Waals surface area contributed by atoms with Crippen molar-refractivity contribution >= 4 is 5.91 Å². The van der Waals surface area contributed by atoms with Gasteiger partial charge in [-0.2, -0.15) is 0 Å². The maximum atomic E-state index is 11.3. The molecule has 1 fully saturated rings. The predicted molar refractivity (Wildman–Crippen MR) is 59.0 cm³/mol. The molecule has 0 bridgehead atoms. The van der Waals surface area contributed by atoms with Crippen molar-refractivity contribution in [1.82, 2.24) is 5.32 Å². The van der Waals surface area contributed by atoms with Gasteiger partial charge in [-0.15, -0.1) is 0 Å². The van der Waals surface area contributed by atoms with Crippen LogP contribution in [0.2, 0.25) is 0 Å². The summed E-state index contributed by atoms with van der Waals surface area (Å²) in [6.45, 7) is 2.21. The minimum atomic E-state index is 0.211. The van der Waals surface area contributed by atoms with Crippen LogP contribution in [-0.4, -0.2) is 13.0 Å². The number of hydrogen-bond donors (Lipinski definition) is 1. The van der Waals surface area contributed by atoms with Crippen molar-refractivity contribution < 1.29 is 4.79 Å². The molecule has 1 rings (SSSR count). The van der Waals surface area contributed by atoms with Crippen molar-refractivity contribution in [2.75, 3.05) is 7.05 Å². The van der Waals surface area contributed by atoms with Crippen LogP contribution in [-0.2, 0) is 4.79 Å². The van der Waals surface area contributed by atoms with Crippen molar-refractivity contribution in [1.29, 1.82) is 0 Å². The fourth-order valence-electron chi connectivity index (χ4n) is 2.59. The molecule has 0 radical (unpaired) electrons. The summed E-state index contributed by atoms with van der Waals surface area (Å²) in [6.07, 6.45) is 8.71. The molecule has 82 valence electrons. The Morgan fingerprint density at radius 3 is 2.50 bits per heavy atom. The lowest BCUT2D eigenvalue weighted by Crippen LogP contribution is -2.26. The second-order valence-electron chi connectivity index (χ2n) is 4.44. The highest BCUT2D eigenvalue weighted by Crippen LogP contribution is 2.33. The largest absolute Gasteiger partial charge is 0.359 e. The van der Waals surface area contributed by atoms with Gasteiger partial charge in [0.25, 0.3) is 0 Å². The number of hydrogen-bond acceptors (Lipinski definition) is 1. The lowest BCUT2D eigenvalue weighted by molar-refractivity contribution is -0.122. The first-order chi connectivity index (χ1) is 6.77. The Bertz CT molecular complexity index is 173. The van der Waals surface area contributed by atoms with Crippen LogP contribution in [0.15, 0.2) is 0 Å². The third kappa shape index (κ3) is 3.32. The van der Waals surface area contributed by atoms with Gasteiger partial charge in [0, 0.05) is 13.5 Å². The first-order valence-corrected chi connectivity index (χ1v) is 5.98. The molecule has 0 aromatic carbocycles. The van der Waals surface area contributed by atoms with E-state index >= 15 is 0 Å². The summed E-state index contributed by atoms with van der Waals surface area (Å²) in [7, 11) is 1.73. The van der Waals surface area contributed by atoms with Crippen LogP contribution in [0.25, 0.3) is 0 Å². The van der Waals surface area contributed by atoms with Crippen molar-refractivity contribution in [2.24, 2.45) is 11.8 Å². The van der Waals surface area contributed by atoms with Crippen LogP contribution in [0.5, 0.6) is 0 Å². The fourth-order valence-corrected chi connectivity index (χ4v) is 2.59. The predicted octanol–water partition coefficient (Wildman–Crippen LogP) is 2.73. The molecule has 0 heterocycles. The van der Waals surface area contributed by atoms with Crippen LogP contribution in [0.4, 0.5) is 0 Å². The monoisotopic (exact) mass is 197 g/mol. The summed E-state index contributed by atoms with van der Waals surface area (Å²) in [4.78, 5) is 11.3. The van der Waals surface area contributed by atoms with Gasteiger partial charge in [-0.05, 0) is 11.8 Å². The van der Waals surface area contributed by atoms with Gasteiger partial charge in [0.2, 0.25) is 5.91 Å². The molecule has 1 atom stereocenters. The summed E-state index contributed by atoms with van der Waals surface area (Å²) >= 11 is 0. The highest BCUT2D eigenvalue weighted by Gasteiger charge is 2.23. The molecule has 0 aliphatic heterocycles. The Labute approximate surface area is 87.5 Å². The molecule has 1 aliphatic rings. The zero-order valence-electron chi connectivity index (χ0n) is 9.51. The van der Waals surface area contributed by atoms with Crippen molar-refractivity contribution in [3.63, 3.8) is 0 Å². The quantitative estimate of drug-likeness (QED) is 0.737. The molecule has 14 heavy (non-hydrogen) atoms. The first-order valence-electron chi connectivity index (χ1n) is 5.98. The van der Waals surface area contributed by atoms with E-state index in [-0.39, 0.29) is 5.91 Å². The molecule has 0 aromatic heterocycles. The number of nitrogens with one attached hydrogen (secondary N) is 1. The molecular weight excluding hydrogens is 174 g/mol. The van der Waals surface area contributed by atoms with E-state index in [0.29, 0.717) is 5.92 Å². The fraction of sp³-hybridized carbons (Fsp3) is 0.917. The van der Waals surface area contributed by atoms with Gasteiger partial charge in [0.1, 0.15) is 0 Å². The van der Waals surface area contributed by atoms with Crippen LogP contribution in [0.3, 0.4) is 0 Å². The molecule has 0 saturated heterocycles. The van der Waals surface area contributed by atoms with Gasteiger partial charge in [-0.3, -0.25) is 4.79 Å². The first kappa shape index (κ1) is 11.5. The second kappa shape index (κ2) is 6.05. The molecule has 2 heteroatoms. The van der Waals surface area contributed by atoms with Gasteiger partial charge >= 0.3 is 0 Å². The zero-order chi connectivity index (χ0) is 10.4. The third-order valence-corrected chi connectivity index (χ3v) is 3.57. The summed E-state index contributed by atoms with van der Waals surface area (Å²) in [5.74, 6) is 1.64. The maximum absolute atomic E-state index is 11.3. The topological polar surface area (TPSA) is 29.1 Å². The van der Waals surface area contributed by atoms with E-state index in [1.165, 1.54) is 32.1 Å². The molecule has 1 saturated carbocycles. The standard InChI is InChI=1S/C12H23NO/c1-3-10(9-12(14)13-2)11-7-5-4-6-8-11/h10-11H,3-9H2,1-2H3,(H,13,14)/t10-/m1/s1. The summed E-state index contributed by atoms with van der Waals surface area (Å²) in [6, 6.07) is 0. The Hall–Kier alpha value is -0.530. The molecule has 1 N–H and O–H groups in total. The summed E-state index contributed by atoms with van der Waals surface area (Å²) in [5, 5.41) is 2.73. The van der Waals surface area contributed by atoms with E-state index in [9.17, 15) is 4.79 Å². The molecular formula is C12H23NO. The van der Waals surface area contributed by atoms with E-state index in [0.717, 1.165) is 18.8 Å². The number of amides is 1. The van der Waals surface area contributed by atoms with E-state index in [1.807, 2.05) is 0 Å². The van der Waals surface area contributed by atoms with E-state index in [4.69, 9.17) is 0 Å². The smallest absolute Gasteiger partial charge is 0.220 e. The Morgan fingerprint density at radius 2 is 2.00 bits per heavy atom. The lowest BCUT2D eigenvalue weighted by atomic mass is 9.77. The van der Waals surface area contributed by atoms with Crippen LogP contribution >= 0.6 is 0 Å². The number of carbonyl (C=O) groups excluding carboxylic acids is 1. The normalized spacial score (nSPS) is 20.4. The Kier molecular flexibility index (Phi) is 4.99. The third-order valence-electron chi connectivity index (χ3n) is 3.57. The average Bonchev–Trinajstić information content (AvgIpc) is 2.26. The number of rotatable bonds is 4. The van der Waals surface area contributed by atoms with Gasteiger partial charge < -0.3 is 5.32 Å². The van der Waals surface area contributed by atoms with E-state index < -0.39 is 0 Å². The van der Waals surface area contributed by atoms with Crippen LogP contribution < -0.4 is 5.32 Å². The highest BCUT2D eigenvalue weighted by atomic mass is 16.1. The molecule has 2 nitrogen and oxygen atoms in total. The zero-order valence-corrected chi connectivity index (χ0v) is 9.51. The second-order valence-corrected chi connectivity index (χ2v) is 4.44. The molecule has 1 amide bonds. The van der Waals surface area contributed by atoms with Crippen molar-refractivity contribution in [2.45, 2.75) is 51.9 Å². The summed E-state index contributed by atoms with van der Waals surface area (Å²) < 4.78 is 0. The molecule has 0 aromatic rings. The SMILES string of the molecule is CC[C@H](CC(=O)NC)C1CCCCC1. The van der Waals surface area contributed by atoms with Gasteiger partial charge in [0.05, 0.1) is 0 Å². The minimum Gasteiger partial charge on any atom is -0.359 e. The van der Waals surface area contributed by atoms with Crippen LogP contribution in [0.1, 0.15) is 51.9 Å². The Morgan fingerprint density at radius 1 is 1.36 bits per heavy atom. The maximum Gasteiger partial charge on any atom is 0.220 e. The highest BCUT2D eigenvalue weighted by molar-refractivity contribution is 5.75. The molecule has 0 unspecified atom stereocenters. The molecule has 1 aliphatic carbocycles. The van der Waals surface area contributed by atoms with E-state index in [2.05, 4.69) is 12.2 Å². The Balaban J connectivity index is 2.39.